The molecule has 0 radical (unpaired) electrons. The van der Waals surface area contributed by atoms with Gasteiger partial charge in [-0.15, -0.1) is 24.0 Å². The van der Waals surface area contributed by atoms with Crippen LogP contribution in [0.3, 0.4) is 0 Å². The predicted molar refractivity (Wildman–Crippen MR) is 124 cm³/mol. The standard InChI is InChI=1S/C19H36N6O2.HI/c1-8-11-25(18(26)27-19(3,4)5)12-10-21-17(20-9-2)23(6)14-16-13-22-24(7)15-16;/h13,15H,8-12,14H2,1-7H3,(H,20,21);1H. The molecule has 1 N–H and O–H groups in total. The second kappa shape index (κ2) is 12.8. The maximum atomic E-state index is 12.3. The molecule has 0 aliphatic carbocycles. The molecule has 1 amide bonds. The molecule has 0 saturated heterocycles. The van der Waals surface area contributed by atoms with Crippen LogP contribution in [0.15, 0.2) is 17.4 Å². The summed E-state index contributed by atoms with van der Waals surface area (Å²) in [6, 6.07) is 0. The van der Waals surface area contributed by atoms with E-state index in [2.05, 4.69) is 20.3 Å². The van der Waals surface area contributed by atoms with Crippen molar-refractivity contribution in [2.24, 2.45) is 12.0 Å². The molecule has 0 saturated carbocycles. The van der Waals surface area contributed by atoms with Gasteiger partial charge in [0, 0.05) is 52.0 Å². The summed E-state index contributed by atoms with van der Waals surface area (Å²) < 4.78 is 7.28. The quantitative estimate of drug-likeness (QED) is 0.332. The van der Waals surface area contributed by atoms with Crippen LogP contribution in [0.25, 0.3) is 0 Å². The summed E-state index contributed by atoms with van der Waals surface area (Å²) in [5.41, 5.74) is 0.623. The number of amides is 1. The Bertz CT molecular complexity index is 612. The molecule has 28 heavy (non-hydrogen) atoms. The topological polar surface area (TPSA) is 75.0 Å². The van der Waals surface area contributed by atoms with Gasteiger partial charge in [-0.1, -0.05) is 6.92 Å². The molecular formula is C19H37IN6O2. The molecule has 0 bridgehead atoms. The molecule has 0 atom stereocenters. The Kier molecular flexibility index (Phi) is 12.1. The van der Waals surface area contributed by atoms with E-state index in [1.807, 2.05) is 61.1 Å². The minimum Gasteiger partial charge on any atom is -0.444 e. The first-order valence-electron chi connectivity index (χ1n) is 9.61. The lowest BCUT2D eigenvalue weighted by atomic mass is 10.2. The highest BCUT2D eigenvalue weighted by Gasteiger charge is 2.21. The van der Waals surface area contributed by atoms with E-state index in [9.17, 15) is 4.79 Å². The number of halogens is 1. The number of aryl methyl sites for hydroxylation is 1. The number of rotatable bonds is 8. The minimum absolute atomic E-state index is 0. The number of guanidine groups is 1. The molecule has 1 rings (SSSR count). The molecule has 0 fully saturated rings. The number of aliphatic imine (C=N–C) groups is 1. The fraction of sp³-hybridized carbons (Fsp3) is 0.737. The van der Waals surface area contributed by atoms with Gasteiger partial charge in [0.2, 0.25) is 0 Å². The normalized spacial score (nSPS) is 11.6. The van der Waals surface area contributed by atoms with E-state index in [0.29, 0.717) is 26.2 Å². The average Bonchev–Trinajstić information content (AvgIpc) is 2.96. The predicted octanol–water partition coefficient (Wildman–Crippen LogP) is 3.08. The van der Waals surface area contributed by atoms with Crippen LogP contribution in [0.2, 0.25) is 0 Å². The average molecular weight is 508 g/mol. The summed E-state index contributed by atoms with van der Waals surface area (Å²) >= 11 is 0. The van der Waals surface area contributed by atoms with Crippen LogP contribution in [0, 0.1) is 0 Å². The summed E-state index contributed by atoms with van der Waals surface area (Å²) in [5.74, 6) is 0.807. The number of nitrogens with one attached hydrogen (secondary N) is 1. The Balaban J connectivity index is 0.00000729. The minimum atomic E-state index is -0.495. The largest absolute Gasteiger partial charge is 0.444 e. The summed E-state index contributed by atoms with van der Waals surface area (Å²) in [7, 11) is 3.90. The lowest BCUT2D eigenvalue weighted by Gasteiger charge is -2.27. The van der Waals surface area contributed by atoms with E-state index in [-0.39, 0.29) is 30.1 Å². The zero-order chi connectivity index (χ0) is 20.4. The van der Waals surface area contributed by atoms with Gasteiger partial charge < -0.3 is 19.9 Å². The molecule has 1 heterocycles. The van der Waals surface area contributed by atoms with Crippen molar-refractivity contribution in [3.05, 3.63) is 18.0 Å². The van der Waals surface area contributed by atoms with E-state index in [1.165, 1.54) is 0 Å². The highest BCUT2D eigenvalue weighted by Crippen LogP contribution is 2.10. The Labute approximate surface area is 186 Å². The number of ether oxygens (including phenoxy) is 1. The third-order valence-corrected chi connectivity index (χ3v) is 3.65. The maximum absolute atomic E-state index is 12.3. The SMILES string of the molecule is CCCN(CCN=C(NCC)N(C)Cc1cnn(C)c1)C(=O)OC(C)(C)C.I. The lowest BCUT2D eigenvalue weighted by Crippen LogP contribution is -2.41. The van der Waals surface area contributed by atoms with Gasteiger partial charge in [0.25, 0.3) is 0 Å². The van der Waals surface area contributed by atoms with E-state index < -0.39 is 5.60 Å². The monoisotopic (exact) mass is 508 g/mol. The van der Waals surface area contributed by atoms with Gasteiger partial charge in [0.05, 0.1) is 12.7 Å². The van der Waals surface area contributed by atoms with Crippen molar-refractivity contribution in [3.63, 3.8) is 0 Å². The number of carbonyl (C=O) groups excluding carboxylic acids is 1. The Morgan fingerprint density at radius 3 is 2.50 bits per heavy atom. The van der Waals surface area contributed by atoms with Gasteiger partial charge in [0.15, 0.2) is 5.96 Å². The third-order valence-electron chi connectivity index (χ3n) is 3.65. The van der Waals surface area contributed by atoms with Crippen molar-refractivity contribution >= 4 is 36.0 Å². The number of carbonyl (C=O) groups is 1. The first kappa shape index (κ1) is 26.5. The van der Waals surface area contributed by atoms with Crippen LogP contribution in [-0.2, 0) is 18.3 Å². The van der Waals surface area contributed by atoms with Crippen molar-refractivity contribution in [2.45, 2.75) is 53.2 Å². The van der Waals surface area contributed by atoms with E-state index in [1.54, 1.807) is 9.58 Å². The van der Waals surface area contributed by atoms with E-state index in [0.717, 1.165) is 24.5 Å². The second-order valence-corrected chi connectivity index (χ2v) is 7.58. The van der Waals surface area contributed by atoms with Crippen molar-refractivity contribution in [1.82, 2.24) is 24.9 Å². The zero-order valence-corrected chi connectivity index (χ0v) is 20.7. The number of aromatic nitrogens is 2. The lowest BCUT2D eigenvalue weighted by molar-refractivity contribution is 0.0256. The molecule has 0 unspecified atom stereocenters. The van der Waals surface area contributed by atoms with Gasteiger partial charge in [0.1, 0.15) is 5.60 Å². The Hall–Kier alpha value is -1.52. The fourth-order valence-corrected chi connectivity index (χ4v) is 2.54. The summed E-state index contributed by atoms with van der Waals surface area (Å²) in [4.78, 5) is 20.8. The smallest absolute Gasteiger partial charge is 0.410 e. The Morgan fingerprint density at radius 1 is 1.32 bits per heavy atom. The highest BCUT2D eigenvalue weighted by molar-refractivity contribution is 14.0. The van der Waals surface area contributed by atoms with Gasteiger partial charge in [-0.3, -0.25) is 9.67 Å². The van der Waals surface area contributed by atoms with Crippen LogP contribution in [0.5, 0.6) is 0 Å². The number of hydrogen-bond donors (Lipinski definition) is 1. The third kappa shape index (κ3) is 10.1. The Morgan fingerprint density at radius 2 is 2.00 bits per heavy atom. The molecule has 0 spiro atoms. The molecule has 8 nitrogen and oxygen atoms in total. The highest BCUT2D eigenvalue weighted by atomic mass is 127. The van der Waals surface area contributed by atoms with Crippen molar-refractivity contribution in [2.75, 3.05) is 33.2 Å². The van der Waals surface area contributed by atoms with Crippen molar-refractivity contribution in [3.8, 4) is 0 Å². The molecule has 0 aliphatic rings. The van der Waals surface area contributed by atoms with Gasteiger partial charge >= 0.3 is 6.09 Å². The summed E-state index contributed by atoms with van der Waals surface area (Å²) in [6.45, 7) is 12.9. The van der Waals surface area contributed by atoms with Crippen molar-refractivity contribution < 1.29 is 9.53 Å². The van der Waals surface area contributed by atoms with Crippen LogP contribution < -0.4 is 5.32 Å². The van der Waals surface area contributed by atoms with Crippen LogP contribution in [0.4, 0.5) is 4.79 Å². The number of hydrogen-bond acceptors (Lipinski definition) is 4. The van der Waals surface area contributed by atoms with Crippen LogP contribution >= 0.6 is 24.0 Å². The van der Waals surface area contributed by atoms with Gasteiger partial charge in [-0.25, -0.2) is 4.79 Å². The number of nitrogens with zero attached hydrogens (tertiary/aromatic N) is 5. The molecular weight excluding hydrogens is 471 g/mol. The van der Waals surface area contributed by atoms with Crippen molar-refractivity contribution in [1.29, 1.82) is 0 Å². The van der Waals surface area contributed by atoms with E-state index >= 15 is 0 Å². The zero-order valence-electron chi connectivity index (χ0n) is 18.4. The van der Waals surface area contributed by atoms with Crippen LogP contribution in [-0.4, -0.2) is 70.5 Å². The summed E-state index contributed by atoms with van der Waals surface area (Å²) in [6.07, 6.45) is 4.44. The second-order valence-electron chi connectivity index (χ2n) is 7.58. The molecule has 162 valence electrons. The maximum Gasteiger partial charge on any atom is 0.410 e. The molecule has 0 aromatic carbocycles. The fourth-order valence-electron chi connectivity index (χ4n) is 2.54. The first-order chi connectivity index (χ1) is 12.7. The molecule has 1 aromatic rings. The van der Waals surface area contributed by atoms with Crippen LogP contribution in [0.1, 0.15) is 46.6 Å². The molecule has 9 heteroatoms. The first-order valence-corrected chi connectivity index (χ1v) is 9.61. The summed E-state index contributed by atoms with van der Waals surface area (Å²) in [5, 5.41) is 7.50. The molecule has 0 aliphatic heterocycles. The van der Waals surface area contributed by atoms with Gasteiger partial charge in [-0.05, 0) is 34.1 Å². The molecule has 1 aromatic heterocycles. The van der Waals surface area contributed by atoms with Gasteiger partial charge in [-0.2, -0.15) is 5.10 Å². The van der Waals surface area contributed by atoms with E-state index in [4.69, 9.17) is 4.74 Å².